The Morgan fingerprint density at radius 1 is 1.27 bits per heavy atom. The third-order valence-electron chi connectivity index (χ3n) is 5.74. The van der Waals surface area contributed by atoms with Gasteiger partial charge >= 0.3 is 6.09 Å². The summed E-state index contributed by atoms with van der Waals surface area (Å²) in [5.41, 5.74) is 4.25. The second-order valence-electron chi connectivity index (χ2n) is 8.80. The lowest BCUT2D eigenvalue weighted by Gasteiger charge is -2.27. The van der Waals surface area contributed by atoms with E-state index >= 15 is 0 Å². The molecule has 1 aromatic carbocycles. The molecule has 1 aliphatic rings. The molecule has 30 heavy (non-hydrogen) atoms. The van der Waals surface area contributed by atoms with Crippen LogP contribution in [0.15, 0.2) is 42.6 Å². The lowest BCUT2D eigenvalue weighted by atomic mass is 9.92. The van der Waals surface area contributed by atoms with Gasteiger partial charge in [0.1, 0.15) is 5.82 Å². The molecular formula is C23H29N5O2. The van der Waals surface area contributed by atoms with Crippen molar-refractivity contribution in [3.8, 4) is 0 Å². The number of hydrogen-bond acceptors (Lipinski definition) is 4. The molecule has 0 saturated heterocycles. The van der Waals surface area contributed by atoms with Crippen molar-refractivity contribution in [2.24, 2.45) is 5.41 Å². The van der Waals surface area contributed by atoms with Gasteiger partial charge in [0.05, 0.1) is 29.3 Å². The molecule has 2 aromatic heterocycles. The summed E-state index contributed by atoms with van der Waals surface area (Å²) in [6, 6.07) is 12.5. The van der Waals surface area contributed by atoms with Gasteiger partial charge in [-0.15, -0.1) is 0 Å². The van der Waals surface area contributed by atoms with Crippen LogP contribution in [-0.4, -0.2) is 32.3 Å². The molecule has 4 rings (SSSR count). The Hall–Kier alpha value is -2.93. The quantitative estimate of drug-likeness (QED) is 0.553. The van der Waals surface area contributed by atoms with Crippen LogP contribution in [0.5, 0.6) is 0 Å². The van der Waals surface area contributed by atoms with Crippen LogP contribution in [0.1, 0.15) is 49.8 Å². The van der Waals surface area contributed by atoms with Crippen LogP contribution in [0.2, 0.25) is 0 Å². The first kappa shape index (κ1) is 20.3. The first-order chi connectivity index (χ1) is 14.4. The van der Waals surface area contributed by atoms with Gasteiger partial charge < -0.3 is 20.3 Å². The highest BCUT2D eigenvalue weighted by Gasteiger charge is 2.25. The van der Waals surface area contributed by atoms with Gasteiger partial charge in [-0.3, -0.25) is 4.98 Å². The Bertz CT molecular complexity index is 1040. The van der Waals surface area contributed by atoms with E-state index in [1.54, 1.807) is 0 Å². The number of amides is 1. The van der Waals surface area contributed by atoms with Gasteiger partial charge in [0, 0.05) is 24.7 Å². The number of aryl methyl sites for hydroxylation is 1. The van der Waals surface area contributed by atoms with Crippen molar-refractivity contribution in [2.75, 3.05) is 6.54 Å². The van der Waals surface area contributed by atoms with E-state index in [0.29, 0.717) is 19.6 Å². The maximum Gasteiger partial charge on any atom is 0.404 e. The smallest absolute Gasteiger partial charge is 0.404 e. The normalized spacial score (nSPS) is 16.4. The highest BCUT2D eigenvalue weighted by atomic mass is 16.4. The number of rotatable bonds is 7. The van der Waals surface area contributed by atoms with E-state index in [9.17, 15) is 4.79 Å². The molecule has 2 heterocycles. The van der Waals surface area contributed by atoms with E-state index in [4.69, 9.17) is 10.1 Å². The maximum atomic E-state index is 11.0. The van der Waals surface area contributed by atoms with Crippen molar-refractivity contribution in [2.45, 2.75) is 52.2 Å². The van der Waals surface area contributed by atoms with E-state index in [1.165, 1.54) is 5.56 Å². The van der Waals surface area contributed by atoms with Crippen molar-refractivity contribution in [3.63, 3.8) is 0 Å². The fourth-order valence-corrected chi connectivity index (χ4v) is 4.26. The summed E-state index contributed by atoms with van der Waals surface area (Å²) in [7, 11) is 0. The molecule has 7 heteroatoms. The fourth-order valence-electron chi connectivity index (χ4n) is 4.26. The largest absolute Gasteiger partial charge is 0.465 e. The van der Waals surface area contributed by atoms with Crippen molar-refractivity contribution in [3.05, 3.63) is 59.7 Å². The number of carbonyl (C=O) groups is 1. The fraction of sp³-hybridized carbons (Fsp3) is 0.435. The number of pyridine rings is 1. The minimum Gasteiger partial charge on any atom is -0.465 e. The lowest BCUT2D eigenvalue weighted by molar-refractivity contribution is 0.185. The van der Waals surface area contributed by atoms with Gasteiger partial charge in [-0.2, -0.15) is 0 Å². The molecule has 158 valence electrons. The van der Waals surface area contributed by atoms with Crippen LogP contribution in [0, 0.1) is 5.41 Å². The van der Waals surface area contributed by atoms with Crippen LogP contribution >= 0.6 is 0 Å². The molecule has 3 aromatic rings. The van der Waals surface area contributed by atoms with E-state index in [-0.39, 0.29) is 11.5 Å². The van der Waals surface area contributed by atoms with Crippen LogP contribution in [0.4, 0.5) is 4.79 Å². The minimum atomic E-state index is -0.996. The van der Waals surface area contributed by atoms with Crippen LogP contribution in [0.3, 0.4) is 0 Å². The molecular weight excluding hydrogens is 378 g/mol. The third kappa shape index (κ3) is 4.46. The molecule has 0 bridgehead atoms. The number of benzene rings is 1. The number of imidazole rings is 1. The molecule has 0 aliphatic heterocycles. The number of carboxylic acid groups (broad SMARTS) is 1. The Labute approximate surface area is 176 Å². The summed E-state index contributed by atoms with van der Waals surface area (Å²) in [5.74, 6) is 0.961. The zero-order valence-corrected chi connectivity index (χ0v) is 17.6. The summed E-state index contributed by atoms with van der Waals surface area (Å²) in [6.45, 7) is 5.82. The van der Waals surface area contributed by atoms with Crippen molar-refractivity contribution in [1.29, 1.82) is 0 Å². The SMILES string of the molecule is CC(C)(CNC(=O)O)Cn1c(CNC2CCCc3cccnc32)nc2ccccc21. The molecule has 1 amide bonds. The lowest BCUT2D eigenvalue weighted by Crippen LogP contribution is -2.36. The summed E-state index contributed by atoms with van der Waals surface area (Å²) < 4.78 is 2.22. The molecule has 0 saturated carbocycles. The van der Waals surface area contributed by atoms with Gasteiger partial charge in [-0.05, 0) is 43.0 Å². The van der Waals surface area contributed by atoms with E-state index in [1.807, 2.05) is 30.5 Å². The minimum absolute atomic E-state index is 0.227. The van der Waals surface area contributed by atoms with Crippen LogP contribution in [-0.2, 0) is 19.5 Å². The predicted octanol–water partition coefficient (Wildman–Crippen LogP) is 3.89. The van der Waals surface area contributed by atoms with Gasteiger partial charge in [-0.25, -0.2) is 9.78 Å². The Kier molecular flexibility index (Phi) is 5.72. The maximum absolute atomic E-state index is 11.0. The number of para-hydroxylation sites is 2. The average Bonchev–Trinajstić information content (AvgIpc) is 3.08. The molecule has 3 N–H and O–H groups in total. The number of nitrogens with zero attached hydrogens (tertiary/aromatic N) is 3. The second-order valence-corrected chi connectivity index (χ2v) is 8.80. The van der Waals surface area contributed by atoms with E-state index < -0.39 is 6.09 Å². The molecule has 0 fully saturated rings. The molecule has 1 unspecified atom stereocenters. The molecule has 7 nitrogen and oxygen atoms in total. The van der Waals surface area contributed by atoms with Crippen molar-refractivity contribution >= 4 is 17.1 Å². The Balaban J connectivity index is 1.57. The highest BCUT2D eigenvalue weighted by molar-refractivity contribution is 5.76. The zero-order chi connectivity index (χ0) is 21.1. The van der Waals surface area contributed by atoms with Crippen molar-refractivity contribution in [1.82, 2.24) is 25.2 Å². The first-order valence-corrected chi connectivity index (χ1v) is 10.5. The molecule has 0 radical (unpaired) electrons. The number of hydrogen-bond donors (Lipinski definition) is 3. The molecule has 0 spiro atoms. The van der Waals surface area contributed by atoms with Gasteiger partial charge in [0.2, 0.25) is 0 Å². The number of nitrogens with one attached hydrogen (secondary N) is 2. The number of fused-ring (bicyclic) bond motifs is 2. The predicted molar refractivity (Wildman–Crippen MR) is 116 cm³/mol. The Morgan fingerprint density at radius 3 is 2.93 bits per heavy atom. The first-order valence-electron chi connectivity index (χ1n) is 10.5. The molecule has 1 aliphatic carbocycles. The second kappa shape index (κ2) is 8.44. The van der Waals surface area contributed by atoms with Gasteiger partial charge in [-0.1, -0.05) is 32.0 Å². The van der Waals surface area contributed by atoms with Gasteiger partial charge in [0.25, 0.3) is 0 Å². The van der Waals surface area contributed by atoms with Crippen molar-refractivity contribution < 1.29 is 9.90 Å². The average molecular weight is 408 g/mol. The van der Waals surface area contributed by atoms with Gasteiger partial charge in [0.15, 0.2) is 0 Å². The summed E-state index contributed by atoms with van der Waals surface area (Å²) >= 11 is 0. The summed E-state index contributed by atoms with van der Waals surface area (Å²) in [5, 5.41) is 15.2. The topological polar surface area (TPSA) is 92.1 Å². The Morgan fingerprint density at radius 2 is 2.10 bits per heavy atom. The molecule has 1 atom stereocenters. The van der Waals surface area contributed by atoms with Crippen LogP contribution < -0.4 is 10.6 Å². The van der Waals surface area contributed by atoms with Crippen LogP contribution in [0.25, 0.3) is 11.0 Å². The number of aromatic nitrogens is 3. The standard InChI is InChI=1S/C23H29N5O2/c1-23(2,14-26-22(29)30)15-28-19-11-4-3-9-17(19)27-20(28)13-25-18-10-5-7-16-8-6-12-24-21(16)18/h3-4,6,8-9,11-12,18,25-26H,5,7,10,13-15H2,1-2H3,(H,29,30). The monoisotopic (exact) mass is 407 g/mol. The highest BCUT2D eigenvalue weighted by Crippen LogP contribution is 2.29. The third-order valence-corrected chi connectivity index (χ3v) is 5.74. The zero-order valence-electron chi connectivity index (χ0n) is 17.6. The summed E-state index contributed by atoms with van der Waals surface area (Å²) in [4.78, 5) is 20.5. The van der Waals surface area contributed by atoms with E-state index in [2.05, 4.69) is 46.2 Å². The summed E-state index contributed by atoms with van der Waals surface area (Å²) in [6.07, 6.45) is 4.18. The van der Waals surface area contributed by atoms with E-state index in [0.717, 1.165) is 41.8 Å².